The van der Waals surface area contributed by atoms with Gasteiger partial charge in [0.05, 0.1) is 0 Å². The van der Waals surface area contributed by atoms with Crippen LogP contribution in [0, 0.1) is 0 Å². The molecule has 0 aliphatic heterocycles. The largest absolute Gasteiger partial charge is 0 e. The van der Waals surface area contributed by atoms with Crippen molar-refractivity contribution in [1.82, 2.24) is 0 Å². The molecule has 0 aromatic carbocycles. The molecular formula is H4CaFePZn. The maximum atomic E-state index is 3.17. The fourth-order valence-electron chi connectivity index (χ4n) is 0. The average molecular weight is 196 g/mol. The molecule has 0 N–H and O–H groups in total. The Hall–Kier alpha value is 2.83. The normalized spacial score (nSPS) is 1.50. The molecule has 0 aromatic rings. The fraction of sp³-hybridized carbons (Fsp3) is 0. The molecule has 4 heteroatoms. The van der Waals surface area contributed by atoms with Crippen LogP contribution < -0.4 is 0 Å². The first-order valence-corrected chi connectivity index (χ1v) is 2.52. The van der Waals surface area contributed by atoms with E-state index in [-0.39, 0.29) is 57.2 Å². The van der Waals surface area contributed by atoms with Gasteiger partial charge in [0, 0.05) is 19.5 Å². The predicted molar refractivity (Wildman–Crippen MR) is 18.3 cm³/mol. The van der Waals surface area contributed by atoms with E-state index in [0.717, 1.165) is 0 Å². The zero-order chi connectivity index (χ0) is 2.00. The van der Waals surface area contributed by atoms with Gasteiger partial charge in [0.2, 0.25) is 0 Å². The van der Waals surface area contributed by atoms with E-state index >= 15 is 0 Å². The maximum Gasteiger partial charge on any atom is 0 e. The van der Waals surface area contributed by atoms with E-state index in [0.29, 0.717) is 0 Å². The van der Waals surface area contributed by atoms with Crippen molar-refractivity contribution < 1.29 is 35.0 Å². The summed E-state index contributed by atoms with van der Waals surface area (Å²) in [6.45, 7) is 0. The van der Waals surface area contributed by atoms with Crippen molar-refractivity contribution in [2.45, 2.75) is 0 Å². The summed E-state index contributed by atoms with van der Waals surface area (Å²) in [4.78, 5) is 0. The van der Waals surface area contributed by atoms with Crippen molar-refractivity contribution in [1.29, 1.82) is 0 Å². The van der Waals surface area contributed by atoms with E-state index in [1.54, 1.807) is 0 Å². The minimum Gasteiger partial charge on any atom is 0 e. The molecule has 0 aromatic heterocycles. The van der Waals surface area contributed by atoms with Gasteiger partial charge in [-0.3, -0.25) is 0 Å². The summed E-state index contributed by atoms with van der Waals surface area (Å²) in [5.74, 6) is 0. The number of hydrogen-bond donors (Lipinski definition) is 0. The van der Waals surface area contributed by atoms with Gasteiger partial charge in [0.25, 0.3) is 0 Å². The molecule has 0 heterocycles. The Kier molecular flexibility index (Phi) is 67.2. The van der Waals surface area contributed by atoms with Gasteiger partial charge >= 0.3 is 61.2 Å². The van der Waals surface area contributed by atoms with Crippen molar-refractivity contribution in [3.8, 4) is 0 Å². The Bertz CT molecular complexity index is 8.00. The Morgan fingerprint density at radius 2 is 1.25 bits per heavy atom. The second-order valence-corrected chi connectivity index (χ2v) is 0. The van der Waals surface area contributed by atoms with E-state index < -0.39 is 0 Å². The van der Waals surface area contributed by atoms with E-state index in [9.17, 15) is 0 Å². The second-order valence-electron chi connectivity index (χ2n) is 0. The van der Waals surface area contributed by atoms with Gasteiger partial charge in [-0.2, -0.15) is 0 Å². The molecule has 0 amide bonds. The van der Waals surface area contributed by atoms with Crippen LogP contribution in [-0.4, -0.2) is 37.7 Å². The SMILES string of the molecule is [CaH2].[PH2][Fe].[Zn]. The zero-order valence-corrected chi connectivity index (χ0v) is 6.86. The number of hydrogen-bond acceptors (Lipinski definition) is 0. The molecule has 0 spiro atoms. The van der Waals surface area contributed by atoms with Gasteiger partial charge < -0.3 is 0 Å². The van der Waals surface area contributed by atoms with Gasteiger partial charge in [0.1, 0.15) is 0 Å². The molecule has 0 rings (SSSR count). The van der Waals surface area contributed by atoms with Crippen molar-refractivity contribution >= 4 is 45.7 Å². The molecule has 0 saturated heterocycles. The molecule has 0 aliphatic rings. The summed E-state index contributed by atoms with van der Waals surface area (Å²) >= 11 is 3.17. The van der Waals surface area contributed by atoms with E-state index in [2.05, 4.69) is 23.5 Å². The molecule has 0 saturated carbocycles. The van der Waals surface area contributed by atoms with Crippen LogP contribution in [-0.2, 0) is 35.0 Å². The van der Waals surface area contributed by atoms with Gasteiger partial charge in [-0.05, 0) is 0 Å². The minimum absolute atomic E-state index is 0. The standard InChI is InChI=1S/Ca.Fe.H2P.Zn.2H/h;;1H2;;;/q;+1;-1;;;. The number of rotatable bonds is 0. The monoisotopic (exact) mass is 195 g/mol. The van der Waals surface area contributed by atoms with Crippen molar-refractivity contribution in [3.05, 3.63) is 0 Å². The summed E-state index contributed by atoms with van der Waals surface area (Å²) in [6.07, 6.45) is 0. The Labute approximate surface area is 79.2 Å². The van der Waals surface area contributed by atoms with Gasteiger partial charge in [-0.25, -0.2) is 0 Å². The zero-order valence-electron chi connectivity index (χ0n) is 1.64. The summed E-state index contributed by atoms with van der Waals surface area (Å²) in [6, 6.07) is 0. The summed E-state index contributed by atoms with van der Waals surface area (Å²) in [5, 5.41) is 0. The van der Waals surface area contributed by atoms with Gasteiger partial charge in [0.15, 0.2) is 0 Å². The van der Waals surface area contributed by atoms with Gasteiger partial charge in [-0.1, -0.05) is 0 Å². The van der Waals surface area contributed by atoms with Crippen LogP contribution in [0.1, 0.15) is 0 Å². The van der Waals surface area contributed by atoms with E-state index in [1.165, 1.54) is 0 Å². The van der Waals surface area contributed by atoms with E-state index in [4.69, 9.17) is 0 Å². The molecule has 1 unspecified atom stereocenters. The maximum absolute atomic E-state index is 3.17. The van der Waals surface area contributed by atoms with Crippen molar-refractivity contribution in [2.24, 2.45) is 0 Å². The van der Waals surface area contributed by atoms with Gasteiger partial charge in [-0.15, -0.1) is 0 Å². The molecule has 0 nitrogen and oxygen atoms in total. The Morgan fingerprint density at radius 3 is 1.25 bits per heavy atom. The molecule has 1 atom stereocenters. The van der Waals surface area contributed by atoms with Crippen molar-refractivity contribution in [2.75, 3.05) is 0 Å². The van der Waals surface area contributed by atoms with Crippen LogP contribution in [0.5, 0.6) is 0 Å². The molecule has 0 bridgehead atoms. The first-order valence-electron chi connectivity index (χ1n) is 0.204. The Morgan fingerprint density at radius 1 is 1.25 bits per heavy atom. The average Bonchev–Trinajstić information content (AvgIpc) is 1.00. The third-order valence-electron chi connectivity index (χ3n) is 0. The quantitative estimate of drug-likeness (QED) is 0.359. The minimum atomic E-state index is 0. The first-order chi connectivity index (χ1) is 1.00. The van der Waals surface area contributed by atoms with E-state index in [1.807, 2.05) is 0 Å². The fourth-order valence-corrected chi connectivity index (χ4v) is 0. The van der Waals surface area contributed by atoms with Crippen LogP contribution in [0.2, 0.25) is 0 Å². The Balaban J connectivity index is -0.00000000500. The van der Waals surface area contributed by atoms with Crippen LogP contribution in [0.3, 0.4) is 0 Å². The third-order valence-corrected chi connectivity index (χ3v) is 0. The molecule has 4 heavy (non-hydrogen) atoms. The second kappa shape index (κ2) is 17.0. The van der Waals surface area contributed by atoms with Crippen LogP contribution in [0.4, 0.5) is 0 Å². The predicted octanol–water partition coefficient (Wildman–Crippen LogP) is -0.595. The summed E-state index contributed by atoms with van der Waals surface area (Å²) in [7, 11) is 2.17. The molecule has 21 valence electrons. The topological polar surface area (TPSA) is 0 Å². The molecular weight excluding hydrogens is 192 g/mol. The molecule has 0 radical (unpaired) electrons. The third kappa shape index (κ3) is 8.85. The summed E-state index contributed by atoms with van der Waals surface area (Å²) < 4.78 is 0. The first kappa shape index (κ1) is 15.8. The molecule has 0 aliphatic carbocycles. The van der Waals surface area contributed by atoms with Crippen LogP contribution in [0.25, 0.3) is 0 Å². The summed E-state index contributed by atoms with van der Waals surface area (Å²) in [5.41, 5.74) is 0. The van der Waals surface area contributed by atoms with Crippen molar-refractivity contribution in [3.63, 3.8) is 0 Å². The van der Waals surface area contributed by atoms with Crippen LogP contribution in [0.15, 0.2) is 0 Å². The smallest absolute Gasteiger partial charge is 0 e. The van der Waals surface area contributed by atoms with Crippen LogP contribution >= 0.6 is 7.93 Å². The molecule has 0 fully saturated rings.